The Morgan fingerprint density at radius 1 is 1.26 bits per heavy atom. The number of fused-ring (bicyclic) bond motifs is 1. The van der Waals surface area contributed by atoms with E-state index in [0.717, 1.165) is 38.2 Å². The van der Waals surface area contributed by atoms with Crippen LogP contribution in [0.3, 0.4) is 0 Å². The van der Waals surface area contributed by atoms with Gasteiger partial charge in [0, 0.05) is 30.9 Å². The van der Waals surface area contributed by atoms with Crippen LogP contribution in [0.1, 0.15) is 24.1 Å². The Labute approximate surface area is 136 Å². The minimum atomic E-state index is 0.161. The lowest BCUT2D eigenvalue weighted by Crippen LogP contribution is -2.51. The van der Waals surface area contributed by atoms with Gasteiger partial charge in [-0.05, 0) is 31.0 Å². The number of hydrogen-bond acceptors (Lipinski definition) is 5. The first-order valence-corrected chi connectivity index (χ1v) is 8.28. The maximum absolute atomic E-state index is 6.11. The summed E-state index contributed by atoms with van der Waals surface area (Å²) < 4.78 is 17.3. The van der Waals surface area contributed by atoms with Gasteiger partial charge in [0.2, 0.25) is 0 Å². The predicted octanol–water partition coefficient (Wildman–Crippen LogP) is 2.62. The second kappa shape index (κ2) is 6.83. The Hall–Kier alpha value is -1.69. The van der Waals surface area contributed by atoms with E-state index in [1.807, 2.05) is 30.5 Å². The molecule has 5 heteroatoms. The smallest absolute Gasteiger partial charge is 0.0992 e. The molecule has 0 amide bonds. The van der Waals surface area contributed by atoms with Gasteiger partial charge in [-0.2, -0.15) is 0 Å². The van der Waals surface area contributed by atoms with Gasteiger partial charge in [0.15, 0.2) is 0 Å². The minimum Gasteiger partial charge on any atom is -0.472 e. The fourth-order valence-electron chi connectivity index (χ4n) is 3.66. The van der Waals surface area contributed by atoms with Crippen LogP contribution in [0.25, 0.3) is 0 Å². The molecule has 4 rings (SSSR count). The van der Waals surface area contributed by atoms with Gasteiger partial charge in [-0.3, -0.25) is 9.88 Å². The third-order valence-electron chi connectivity index (χ3n) is 4.79. The molecule has 3 atom stereocenters. The van der Waals surface area contributed by atoms with E-state index in [-0.39, 0.29) is 12.2 Å². The molecule has 0 N–H and O–H groups in total. The molecule has 1 saturated heterocycles. The molecule has 122 valence electrons. The summed E-state index contributed by atoms with van der Waals surface area (Å²) in [6.07, 6.45) is 7.86. The summed E-state index contributed by atoms with van der Waals surface area (Å²) in [4.78, 5) is 6.83. The Kier molecular flexibility index (Phi) is 4.41. The molecule has 2 aromatic rings. The average Bonchev–Trinajstić information content (AvgIpc) is 3.24. The van der Waals surface area contributed by atoms with Crippen molar-refractivity contribution in [1.82, 2.24) is 9.88 Å². The zero-order valence-electron chi connectivity index (χ0n) is 13.1. The second-order valence-corrected chi connectivity index (χ2v) is 6.25. The standard InChI is InChI=1S/C18H22N2O3/c1-2-7-19-15(3-1)13-23-17-5-4-16-18(17)22-10-8-20(16)11-14-6-9-21-12-14/h1-3,6-7,9,12,16-18H,4-5,8,10-11,13H2/t16-,17-,18+/m0/s1. The summed E-state index contributed by atoms with van der Waals surface area (Å²) in [5.74, 6) is 0. The van der Waals surface area contributed by atoms with E-state index in [4.69, 9.17) is 13.9 Å². The fraction of sp³-hybridized carbons (Fsp3) is 0.500. The molecule has 1 aliphatic heterocycles. The summed E-state index contributed by atoms with van der Waals surface area (Å²) in [7, 11) is 0. The van der Waals surface area contributed by atoms with Crippen LogP contribution in [-0.4, -0.2) is 41.3 Å². The van der Waals surface area contributed by atoms with E-state index >= 15 is 0 Å². The summed E-state index contributed by atoms with van der Waals surface area (Å²) in [5.41, 5.74) is 2.20. The van der Waals surface area contributed by atoms with Gasteiger partial charge in [0.1, 0.15) is 0 Å². The van der Waals surface area contributed by atoms with Gasteiger partial charge in [-0.25, -0.2) is 0 Å². The summed E-state index contributed by atoms with van der Waals surface area (Å²) in [6, 6.07) is 8.39. The summed E-state index contributed by atoms with van der Waals surface area (Å²) in [5, 5.41) is 0. The SMILES string of the molecule is c1ccc(CO[C@H]2CC[C@H]3[C@H]2OCCN3Cc2ccoc2)nc1. The van der Waals surface area contributed by atoms with Crippen LogP contribution in [0.4, 0.5) is 0 Å². The predicted molar refractivity (Wildman–Crippen MR) is 84.7 cm³/mol. The number of pyridine rings is 1. The van der Waals surface area contributed by atoms with Gasteiger partial charge in [-0.15, -0.1) is 0 Å². The van der Waals surface area contributed by atoms with Gasteiger partial charge in [0.05, 0.1) is 43.6 Å². The zero-order chi connectivity index (χ0) is 15.5. The third kappa shape index (κ3) is 3.32. The Balaban J connectivity index is 1.37. The van der Waals surface area contributed by atoms with Crippen LogP contribution < -0.4 is 0 Å². The Morgan fingerprint density at radius 3 is 3.09 bits per heavy atom. The monoisotopic (exact) mass is 314 g/mol. The number of rotatable bonds is 5. The maximum atomic E-state index is 6.11. The molecule has 2 aliphatic rings. The molecular weight excluding hydrogens is 292 g/mol. The molecule has 1 aliphatic carbocycles. The molecule has 0 radical (unpaired) electrons. The number of nitrogens with zero attached hydrogens (tertiary/aromatic N) is 2. The van der Waals surface area contributed by atoms with Crippen LogP contribution >= 0.6 is 0 Å². The van der Waals surface area contributed by atoms with E-state index < -0.39 is 0 Å². The highest BCUT2D eigenvalue weighted by atomic mass is 16.5. The highest BCUT2D eigenvalue weighted by molar-refractivity contribution is 5.07. The van der Waals surface area contributed by atoms with Crippen LogP contribution in [0.2, 0.25) is 0 Å². The zero-order valence-corrected chi connectivity index (χ0v) is 13.1. The Morgan fingerprint density at radius 2 is 2.26 bits per heavy atom. The van der Waals surface area contributed by atoms with Crippen molar-refractivity contribution in [2.24, 2.45) is 0 Å². The van der Waals surface area contributed by atoms with Crippen molar-refractivity contribution in [3.05, 3.63) is 54.2 Å². The van der Waals surface area contributed by atoms with E-state index in [9.17, 15) is 0 Å². The molecule has 0 aromatic carbocycles. The molecule has 5 nitrogen and oxygen atoms in total. The van der Waals surface area contributed by atoms with Crippen molar-refractivity contribution < 1.29 is 13.9 Å². The van der Waals surface area contributed by atoms with E-state index in [1.165, 1.54) is 5.56 Å². The van der Waals surface area contributed by atoms with Gasteiger partial charge in [-0.1, -0.05) is 6.07 Å². The lowest BCUT2D eigenvalue weighted by atomic mass is 10.1. The normalized spacial score (nSPS) is 27.9. The van der Waals surface area contributed by atoms with Crippen molar-refractivity contribution in [2.45, 2.75) is 44.2 Å². The molecule has 23 heavy (non-hydrogen) atoms. The van der Waals surface area contributed by atoms with Crippen molar-refractivity contribution in [1.29, 1.82) is 0 Å². The van der Waals surface area contributed by atoms with E-state index in [1.54, 1.807) is 12.5 Å². The van der Waals surface area contributed by atoms with Crippen molar-refractivity contribution in [2.75, 3.05) is 13.2 Å². The fourth-order valence-corrected chi connectivity index (χ4v) is 3.66. The lowest BCUT2D eigenvalue weighted by Gasteiger charge is -2.38. The van der Waals surface area contributed by atoms with Crippen LogP contribution in [0, 0.1) is 0 Å². The van der Waals surface area contributed by atoms with Crippen molar-refractivity contribution in [3.8, 4) is 0 Å². The molecule has 1 saturated carbocycles. The van der Waals surface area contributed by atoms with Gasteiger partial charge >= 0.3 is 0 Å². The third-order valence-corrected chi connectivity index (χ3v) is 4.79. The summed E-state index contributed by atoms with van der Waals surface area (Å²) >= 11 is 0. The average molecular weight is 314 g/mol. The quantitative estimate of drug-likeness (QED) is 0.849. The molecule has 0 bridgehead atoms. The van der Waals surface area contributed by atoms with Crippen molar-refractivity contribution in [3.63, 3.8) is 0 Å². The second-order valence-electron chi connectivity index (χ2n) is 6.25. The largest absolute Gasteiger partial charge is 0.472 e. The maximum Gasteiger partial charge on any atom is 0.0992 e. The number of hydrogen-bond donors (Lipinski definition) is 0. The molecule has 0 spiro atoms. The number of morpholine rings is 1. The van der Waals surface area contributed by atoms with E-state index in [0.29, 0.717) is 12.6 Å². The Bertz CT molecular complexity index is 602. The van der Waals surface area contributed by atoms with Gasteiger partial charge < -0.3 is 13.9 Å². The van der Waals surface area contributed by atoms with Crippen LogP contribution in [-0.2, 0) is 22.6 Å². The molecule has 0 unspecified atom stereocenters. The molecular formula is C18H22N2O3. The highest BCUT2D eigenvalue weighted by Crippen LogP contribution is 2.33. The minimum absolute atomic E-state index is 0.161. The molecule has 3 heterocycles. The van der Waals surface area contributed by atoms with Gasteiger partial charge in [0.25, 0.3) is 0 Å². The first-order chi connectivity index (χ1) is 11.4. The number of furan rings is 1. The molecule has 2 fully saturated rings. The number of aromatic nitrogens is 1. The van der Waals surface area contributed by atoms with Crippen LogP contribution in [0.5, 0.6) is 0 Å². The topological polar surface area (TPSA) is 47.7 Å². The van der Waals surface area contributed by atoms with Crippen LogP contribution in [0.15, 0.2) is 47.4 Å². The molecule has 2 aromatic heterocycles. The highest BCUT2D eigenvalue weighted by Gasteiger charge is 2.43. The first-order valence-electron chi connectivity index (χ1n) is 8.28. The first kappa shape index (κ1) is 14.9. The van der Waals surface area contributed by atoms with E-state index in [2.05, 4.69) is 9.88 Å². The lowest BCUT2D eigenvalue weighted by molar-refractivity contribution is -0.119. The summed E-state index contributed by atoms with van der Waals surface area (Å²) in [6.45, 7) is 3.22. The van der Waals surface area contributed by atoms with Crippen molar-refractivity contribution >= 4 is 0 Å². The number of ether oxygens (including phenoxy) is 2.